The molecule has 1 amide bonds. The second-order valence-corrected chi connectivity index (χ2v) is 5.88. The van der Waals surface area contributed by atoms with Crippen LogP contribution in [0.1, 0.15) is 28.4 Å². The topological polar surface area (TPSA) is 76.0 Å². The molecule has 3 rings (SSSR count). The van der Waals surface area contributed by atoms with Crippen LogP contribution in [0, 0.1) is 13.8 Å². The molecule has 6 heteroatoms. The number of carbonyl (C=O) groups excluding carboxylic acids is 1. The van der Waals surface area contributed by atoms with Gasteiger partial charge in [-0.05, 0) is 56.2 Å². The number of rotatable bonds is 4. The Bertz CT molecular complexity index is 1010. The van der Waals surface area contributed by atoms with E-state index in [1.54, 1.807) is 24.3 Å². The SMILES string of the molecule is CCn1c(NNC(=O)c2ccc(C)c(C)c2)nc2ccccc2c1=O. The molecule has 0 atom stereocenters. The van der Waals surface area contributed by atoms with E-state index in [4.69, 9.17) is 0 Å². The van der Waals surface area contributed by atoms with Gasteiger partial charge in [0.15, 0.2) is 0 Å². The highest BCUT2D eigenvalue weighted by Crippen LogP contribution is 2.12. The Hall–Kier alpha value is -3.15. The molecular weight excluding hydrogens is 316 g/mol. The summed E-state index contributed by atoms with van der Waals surface area (Å²) in [7, 11) is 0. The summed E-state index contributed by atoms with van der Waals surface area (Å²) in [6.45, 7) is 6.25. The maximum Gasteiger partial charge on any atom is 0.269 e. The summed E-state index contributed by atoms with van der Waals surface area (Å²) in [5, 5.41) is 0.551. The van der Waals surface area contributed by atoms with Gasteiger partial charge in [0.2, 0.25) is 5.95 Å². The fourth-order valence-electron chi connectivity index (χ4n) is 2.62. The zero-order valence-electron chi connectivity index (χ0n) is 14.5. The third-order valence-corrected chi connectivity index (χ3v) is 4.23. The first kappa shape index (κ1) is 16.7. The number of amides is 1. The number of nitrogens with zero attached hydrogens (tertiary/aromatic N) is 2. The molecule has 1 aromatic heterocycles. The van der Waals surface area contributed by atoms with Crippen LogP contribution in [0.5, 0.6) is 0 Å². The van der Waals surface area contributed by atoms with E-state index in [0.717, 1.165) is 11.1 Å². The maximum atomic E-state index is 12.5. The van der Waals surface area contributed by atoms with Crippen molar-refractivity contribution < 1.29 is 4.79 Å². The highest BCUT2D eigenvalue weighted by molar-refractivity contribution is 5.95. The molecule has 0 spiro atoms. The normalized spacial score (nSPS) is 10.7. The molecule has 6 nitrogen and oxygen atoms in total. The Morgan fingerprint density at radius 2 is 1.88 bits per heavy atom. The molecule has 2 aromatic carbocycles. The number of hydrogen-bond donors (Lipinski definition) is 2. The number of nitrogens with one attached hydrogen (secondary N) is 2. The van der Waals surface area contributed by atoms with E-state index in [1.165, 1.54) is 4.57 Å². The lowest BCUT2D eigenvalue weighted by Crippen LogP contribution is -2.34. The van der Waals surface area contributed by atoms with Crippen molar-refractivity contribution in [2.75, 3.05) is 5.43 Å². The summed E-state index contributed by atoms with van der Waals surface area (Å²) in [5.41, 5.74) is 8.55. The molecular formula is C19H20N4O2. The van der Waals surface area contributed by atoms with Gasteiger partial charge in [0.05, 0.1) is 10.9 Å². The van der Waals surface area contributed by atoms with Crippen LogP contribution in [0.25, 0.3) is 10.9 Å². The summed E-state index contributed by atoms with van der Waals surface area (Å²) in [4.78, 5) is 29.3. The van der Waals surface area contributed by atoms with Crippen molar-refractivity contribution in [2.45, 2.75) is 27.3 Å². The molecule has 128 valence electrons. The molecule has 0 radical (unpaired) electrons. The van der Waals surface area contributed by atoms with Crippen LogP contribution in [-0.2, 0) is 6.54 Å². The molecule has 0 aliphatic carbocycles. The van der Waals surface area contributed by atoms with Crippen LogP contribution in [0.15, 0.2) is 47.3 Å². The van der Waals surface area contributed by atoms with Gasteiger partial charge >= 0.3 is 0 Å². The van der Waals surface area contributed by atoms with E-state index < -0.39 is 0 Å². The maximum absolute atomic E-state index is 12.5. The Morgan fingerprint density at radius 1 is 1.12 bits per heavy atom. The second-order valence-electron chi connectivity index (χ2n) is 5.88. The van der Waals surface area contributed by atoms with E-state index in [-0.39, 0.29) is 11.5 Å². The van der Waals surface area contributed by atoms with Crippen molar-refractivity contribution in [2.24, 2.45) is 0 Å². The second kappa shape index (κ2) is 6.76. The minimum Gasteiger partial charge on any atom is -0.277 e. The fraction of sp³-hybridized carbons (Fsp3) is 0.211. The predicted octanol–water partition coefficient (Wildman–Crippen LogP) is 2.79. The van der Waals surface area contributed by atoms with Crippen molar-refractivity contribution in [3.8, 4) is 0 Å². The predicted molar refractivity (Wildman–Crippen MR) is 98.7 cm³/mol. The van der Waals surface area contributed by atoms with Gasteiger partial charge in [-0.25, -0.2) is 4.98 Å². The summed E-state index contributed by atoms with van der Waals surface area (Å²) in [6.07, 6.45) is 0. The minimum absolute atomic E-state index is 0.143. The molecule has 3 aromatic rings. The molecule has 2 N–H and O–H groups in total. The van der Waals surface area contributed by atoms with Crippen LogP contribution in [0.3, 0.4) is 0 Å². The number of para-hydroxylation sites is 1. The van der Waals surface area contributed by atoms with E-state index in [0.29, 0.717) is 29.0 Å². The fourth-order valence-corrected chi connectivity index (χ4v) is 2.62. The number of benzene rings is 2. The molecule has 0 aliphatic heterocycles. The van der Waals surface area contributed by atoms with Gasteiger partial charge in [-0.3, -0.25) is 25.0 Å². The summed E-state index contributed by atoms with van der Waals surface area (Å²) < 4.78 is 1.49. The Balaban J connectivity index is 1.88. The summed E-state index contributed by atoms with van der Waals surface area (Å²) in [6, 6.07) is 12.6. The van der Waals surface area contributed by atoms with Gasteiger partial charge in [-0.1, -0.05) is 18.2 Å². The third-order valence-electron chi connectivity index (χ3n) is 4.23. The number of hydrazine groups is 1. The third kappa shape index (κ3) is 3.24. The zero-order valence-corrected chi connectivity index (χ0v) is 14.5. The highest BCUT2D eigenvalue weighted by Gasteiger charge is 2.11. The first-order valence-electron chi connectivity index (χ1n) is 8.14. The van der Waals surface area contributed by atoms with Crippen molar-refractivity contribution in [3.05, 3.63) is 69.5 Å². The quantitative estimate of drug-likeness (QED) is 0.718. The van der Waals surface area contributed by atoms with Gasteiger partial charge in [-0.15, -0.1) is 0 Å². The Morgan fingerprint density at radius 3 is 2.60 bits per heavy atom. The Kier molecular flexibility index (Phi) is 4.52. The van der Waals surface area contributed by atoms with Crippen LogP contribution in [-0.4, -0.2) is 15.5 Å². The van der Waals surface area contributed by atoms with Crippen LogP contribution in [0.4, 0.5) is 5.95 Å². The van der Waals surface area contributed by atoms with E-state index >= 15 is 0 Å². The van der Waals surface area contributed by atoms with Gasteiger partial charge < -0.3 is 0 Å². The van der Waals surface area contributed by atoms with Crippen molar-refractivity contribution in [1.82, 2.24) is 15.0 Å². The number of anilines is 1. The van der Waals surface area contributed by atoms with Gasteiger partial charge in [-0.2, -0.15) is 0 Å². The van der Waals surface area contributed by atoms with Gasteiger partial charge in [0.1, 0.15) is 0 Å². The average Bonchev–Trinajstić information content (AvgIpc) is 2.62. The minimum atomic E-state index is -0.284. The molecule has 0 bridgehead atoms. The average molecular weight is 336 g/mol. The standard InChI is InChI=1S/C19H20N4O2/c1-4-23-18(25)15-7-5-6-8-16(15)20-19(23)22-21-17(24)14-10-9-12(2)13(3)11-14/h5-11H,4H2,1-3H3,(H,20,22)(H,21,24). The molecule has 0 saturated heterocycles. The van der Waals surface area contributed by atoms with E-state index in [2.05, 4.69) is 15.8 Å². The lowest BCUT2D eigenvalue weighted by molar-refractivity contribution is 0.0962. The van der Waals surface area contributed by atoms with Crippen molar-refractivity contribution in [3.63, 3.8) is 0 Å². The van der Waals surface area contributed by atoms with Crippen LogP contribution >= 0.6 is 0 Å². The molecule has 0 aliphatic rings. The molecule has 0 unspecified atom stereocenters. The zero-order chi connectivity index (χ0) is 18.0. The number of aromatic nitrogens is 2. The van der Waals surface area contributed by atoms with Gasteiger partial charge in [0, 0.05) is 12.1 Å². The van der Waals surface area contributed by atoms with E-state index in [1.807, 2.05) is 39.0 Å². The lowest BCUT2D eigenvalue weighted by atomic mass is 10.1. The number of aryl methyl sites for hydroxylation is 2. The molecule has 25 heavy (non-hydrogen) atoms. The summed E-state index contributed by atoms with van der Waals surface area (Å²) >= 11 is 0. The van der Waals surface area contributed by atoms with Crippen LogP contribution in [0.2, 0.25) is 0 Å². The first-order valence-corrected chi connectivity index (χ1v) is 8.14. The highest BCUT2D eigenvalue weighted by atomic mass is 16.2. The lowest BCUT2D eigenvalue weighted by Gasteiger charge is -2.14. The number of hydrogen-bond acceptors (Lipinski definition) is 4. The van der Waals surface area contributed by atoms with Crippen molar-refractivity contribution >= 4 is 22.8 Å². The molecule has 0 fully saturated rings. The Labute approximate surface area is 145 Å². The monoisotopic (exact) mass is 336 g/mol. The number of fused-ring (bicyclic) bond motifs is 1. The van der Waals surface area contributed by atoms with E-state index in [9.17, 15) is 9.59 Å². The molecule has 0 saturated carbocycles. The van der Waals surface area contributed by atoms with Crippen LogP contribution < -0.4 is 16.4 Å². The first-order chi connectivity index (χ1) is 12.0. The smallest absolute Gasteiger partial charge is 0.269 e. The van der Waals surface area contributed by atoms with Crippen molar-refractivity contribution in [1.29, 1.82) is 0 Å². The number of carbonyl (C=O) groups is 1. The van der Waals surface area contributed by atoms with Gasteiger partial charge in [0.25, 0.3) is 11.5 Å². The summed E-state index contributed by atoms with van der Waals surface area (Å²) in [5.74, 6) is 0.0246. The largest absolute Gasteiger partial charge is 0.277 e. The molecule has 1 heterocycles.